The van der Waals surface area contributed by atoms with Crippen LogP contribution in [0.4, 0.5) is 0 Å². The molecule has 0 saturated carbocycles. The van der Waals surface area contributed by atoms with Gasteiger partial charge in [-0.05, 0) is 25.3 Å². The minimum Gasteiger partial charge on any atom is -0.475 e. The van der Waals surface area contributed by atoms with Crippen LogP contribution in [0.2, 0.25) is 0 Å². The Morgan fingerprint density at radius 3 is 2.90 bits per heavy atom. The van der Waals surface area contributed by atoms with Crippen molar-refractivity contribution in [1.29, 1.82) is 0 Å². The van der Waals surface area contributed by atoms with Crippen molar-refractivity contribution in [3.05, 3.63) is 36.0 Å². The smallest absolute Gasteiger partial charge is 0.218 e. The van der Waals surface area contributed by atoms with Crippen molar-refractivity contribution < 1.29 is 4.74 Å². The molecule has 0 bridgehead atoms. The van der Waals surface area contributed by atoms with Gasteiger partial charge in [-0.25, -0.2) is 4.99 Å². The Morgan fingerprint density at radius 2 is 2.15 bits per heavy atom. The Kier molecular flexibility index (Phi) is 3.51. The molecule has 106 valence electrons. The van der Waals surface area contributed by atoms with E-state index in [-0.39, 0.29) is 0 Å². The highest BCUT2D eigenvalue weighted by atomic mass is 16.5. The van der Waals surface area contributed by atoms with Crippen molar-refractivity contribution in [3.63, 3.8) is 0 Å². The largest absolute Gasteiger partial charge is 0.475 e. The molecular formula is C17H22N2O. The third kappa shape index (κ3) is 2.33. The van der Waals surface area contributed by atoms with Gasteiger partial charge in [0.2, 0.25) is 5.90 Å². The molecule has 0 aliphatic carbocycles. The maximum absolute atomic E-state index is 5.86. The molecule has 0 spiro atoms. The Bertz CT molecular complexity index is 639. The predicted octanol–water partition coefficient (Wildman–Crippen LogP) is 3.85. The number of rotatable bonds is 4. The van der Waals surface area contributed by atoms with Gasteiger partial charge in [-0.1, -0.05) is 32.0 Å². The van der Waals surface area contributed by atoms with Crippen molar-refractivity contribution in [3.8, 4) is 0 Å². The summed E-state index contributed by atoms with van der Waals surface area (Å²) in [6.07, 6.45) is 3.26. The number of aromatic nitrogens is 1. The first-order valence-electron chi connectivity index (χ1n) is 7.48. The number of aliphatic imine (C=N–C) groups is 1. The van der Waals surface area contributed by atoms with Crippen molar-refractivity contribution in [2.24, 2.45) is 10.9 Å². The van der Waals surface area contributed by atoms with E-state index in [1.165, 1.54) is 10.9 Å². The molecule has 0 unspecified atom stereocenters. The van der Waals surface area contributed by atoms with Crippen LogP contribution in [0.15, 0.2) is 35.5 Å². The fourth-order valence-corrected chi connectivity index (χ4v) is 2.91. The maximum atomic E-state index is 5.86. The zero-order valence-corrected chi connectivity index (χ0v) is 12.5. The summed E-state index contributed by atoms with van der Waals surface area (Å²) in [5, 5.41) is 1.23. The van der Waals surface area contributed by atoms with E-state index in [9.17, 15) is 0 Å². The van der Waals surface area contributed by atoms with Crippen LogP contribution in [0.3, 0.4) is 0 Å². The first-order valence-corrected chi connectivity index (χ1v) is 7.48. The molecule has 0 N–H and O–H groups in total. The standard InChI is InChI=1S/C17H22N2O/c1-4-19-10-15(14-7-5-6-8-16(14)19)17-18-13(11-20-17)9-12(2)3/h5-8,10,12-13H,4,9,11H2,1-3H3/t13-/m0/s1. The molecular weight excluding hydrogens is 248 g/mol. The summed E-state index contributed by atoms with van der Waals surface area (Å²) in [7, 11) is 0. The quantitative estimate of drug-likeness (QED) is 0.828. The Morgan fingerprint density at radius 1 is 1.35 bits per heavy atom. The van der Waals surface area contributed by atoms with Gasteiger partial charge in [0.05, 0.1) is 11.6 Å². The summed E-state index contributed by atoms with van der Waals surface area (Å²) in [6, 6.07) is 8.78. The van der Waals surface area contributed by atoms with Gasteiger partial charge >= 0.3 is 0 Å². The van der Waals surface area contributed by atoms with Crippen molar-refractivity contribution >= 4 is 16.8 Å². The first-order chi connectivity index (χ1) is 9.69. The molecule has 2 heterocycles. The van der Waals surface area contributed by atoms with Crippen LogP contribution < -0.4 is 0 Å². The van der Waals surface area contributed by atoms with E-state index >= 15 is 0 Å². The van der Waals surface area contributed by atoms with Gasteiger partial charge in [0.1, 0.15) is 6.61 Å². The minimum atomic E-state index is 0.314. The molecule has 3 rings (SSSR count). The van der Waals surface area contributed by atoms with E-state index < -0.39 is 0 Å². The minimum absolute atomic E-state index is 0.314. The van der Waals surface area contributed by atoms with Crippen LogP contribution in [0.5, 0.6) is 0 Å². The van der Waals surface area contributed by atoms with Crippen molar-refractivity contribution in [2.45, 2.75) is 39.8 Å². The van der Waals surface area contributed by atoms with Gasteiger partial charge in [0, 0.05) is 23.6 Å². The maximum Gasteiger partial charge on any atom is 0.218 e. The Balaban J connectivity index is 1.99. The zero-order chi connectivity index (χ0) is 14.1. The summed E-state index contributed by atoms with van der Waals surface area (Å²) in [4.78, 5) is 4.78. The van der Waals surface area contributed by atoms with Crippen LogP contribution in [0.1, 0.15) is 32.8 Å². The van der Waals surface area contributed by atoms with E-state index in [2.05, 4.69) is 55.8 Å². The predicted molar refractivity (Wildman–Crippen MR) is 83.3 cm³/mol. The van der Waals surface area contributed by atoms with Crippen LogP contribution >= 0.6 is 0 Å². The zero-order valence-electron chi connectivity index (χ0n) is 12.5. The molecule has 1 aromatic heterocycles. The molecule has 1 aliphatic heterocycles. The lowest BCUT2D eigenvalue weighted by atomic mass is 10.1. The van der Waals surface area contributed by atoms with Crippen LogP contribution in [-0.2, 0) is 11.3 Å². The lowest BCUT2D eigenvalue weighted by Crippen LogP contribution is -2.09. The second kappa shape index (κ2) is 5.31. The normalized spacial score (nSPS) is 18.6. The van der Waals surface area contributed by atoms with E-state index in [1.54, 1.807) is 0 Å². The van der Waals surface area contributed by atoms with Crippen LogP contribution in [-0.4, -0.2) is 23.1 Å². The number of ether oxygens (including phenoxy) is 1. The summed E-state index contributed by atoms with van der Waals surface area (Å²) in [6.45, 7) is 8.31. The van der Waals surface area contributed by atoms with Crippen molar-refractivity contribution in [2.75, 3.05) is 6.61 Å². The molecule has 2 aromatic rings. The molecule has 3 heteroatoms. The number of para-hydroxylation sites is 1. The lowest BCUT2D eigenvalue weighted by Gasteiger charge is -2.06. The second-order valence-electron chi connectivity index (χ2n) is 5.87. The van der Waals surface area contributed by atoms with E-state index in [0.29, 0.717) is 12.0 Å². The number of hydrogen-bond acceptors (Lipinski definition) is 2. The monoisotopic (exact) mass is 270 g/mol. The molecule has 20 heavy (non-hydrogen) atoms. The number of nitrogens with zero attached hydrogens (tertiary/aromatic N) is 2. The average molecular weight is 270 g/mol. The highest BCUT2D eigenvalue weighted by molar-refractivity contribution is 6.07. The summed E-state index contributed by atoms with van der Waals surface area (Å²) < 4.78 is 8.11. The fraction of sp³-hybridized carbons (Fsp3) is 0.471. The Hall–Kier alpha value is -1.77. The summed E-state index contributed by atoms with van der Waals surface area (Å²) >= 11 is 0. The van der Waals surface area contributed by atoms with Crippen LogP contribution in [0, 0.1) is 5.92 Å². The molecule has 1 atom stereocenters. The van der Waals surface area contributed by atoms with E-state index in [1.807, 2.05) is 0 Å². The topological polar surface area (TPSA) is 26.5 Å². The van der Waals surface area contributed by atoms with Gasteiger partial charge in [0.15, 0.2) is 0 Å². The SMILES string of the molecule is CCn1cc(C2=N[C@@H](CC(C)C)CO2)c2ccccc21. The van der Waals surface area contributed by atoms with E-state index in [4.69, 9.17) is 9.73 Å². The second-order valence-corrected chi connectivity index (χ2v) is 5.87. The number of benzene rings is 1. The molecule has 3 nitrogen and oxygen atoms in total. The highest BCUT2D eigenvalue weighted by Gasteiger charge is 2.23. The third-order valence-corrected chi connectivity index (χ3v) is 3.82. The van der Waals surface area contributed by atoms with Crippen molar-refractivity contribution in [1.82, 2.24) is 4.57 Å². The molecule has 1 aromatic carbocycles. The molecule has 0 amide bonds. The summed E-state index contributed by atoms with van der Waals surface area (Å²) in [5.74, 6) is 1.47. The van der Waals surface area contributed by atoms with Gasteiger partial charge < -0.3 is 9.30 Å². The van der Waals surface area contributed by atoms with Gasteiger partial charge in [0.25, 0.3) is 0 Å². The number of fused-ring (bicyclic) bond motifs is 1. The van der Waals surface area contributed by atoms with Gasteiger partial charge in [-0.3, -0.25) is 0 Å². The van der Waals surface area contributed by atoms with E-state index in [0.717, 1.165) is 31.0 Å². The third-order valence-electron chi connectivity index (χ3n) is 3.82. The summed E-state index contributed by atoms with van der Waals surface area (Å²) in [5.41, 5.74) is 2.39. The van der Waals surface area contributed by atoms with Gasteiger partial charge in [-0.15, -0.1) is 0 Å². The molecule has 0 saturated heterocycles. The molecule has 1 aliphatic rings. The number of hydrogen-bond donors (Lipinski definition) is 0. The van der Waals surface area contributed by atoms with Crippen LogP contribution in [0.25, 0.3) is 10.9 Å². The first kappa shape index (κ1) is 13.2. The molecule has 0 fully saturated rings. The van der Waals surface area contributed by atoms with Gasteiger partial charge in [-0.2, -0.15) is 0 Å². The fourth-order valence-electron chi connectivity index (χ4n) is 2.91. The number of aryl methyl sites for hydroxylation is 1. The highest BCUT2D eigenvalue weighted by Crippen LogP contribution is 2.25. The average Bonchev–Trinajstić information content (AvgIpc) is 3.02. The Labute approximate surface area is 120 Å². The lowest BCUT2D eigenvalue weighted by molar-refractivity contribution is 0.301. The molecule has 0 radical (unpaired) electrons.